The highest BCUT2D eigenvalue weighted by Crippen LogP contribution is 2.34. The van der Waals surface area contributed by atoms with E-state index in [0.29, 0.717) is 12.3 Å². The van der Waals surface area contributed by atoms with Gasteiger partial charge < -0.3 is 9.52 Å². The van der Waals surface area contributed by atoms with Gasteiger partial charge in [-0.3, -0.25) is 9.80 Å². The van der Waals surface area contributed by atoms with Crippen molar-refractivity contribution >= 4 is 21.9 Å². The molecule has 2 heterocycles. The van der Waals surface area contributed by atoms with E-state index in [9.17, 15) is 5.11 Å². The van der Waals surface area contributed by atoms with Gasteiger partial charge in [-0.1, -0.05) is 78.9 Å². The van der Waals surface area contributed by atoms with Gasteiger partial charge in [0.05, 0.1) is 6.04 Å². The van der Waals surface area contributed by atoms with Crippen molar-refractivity contribution in [1.29, 1.82) is 0 Å². The van der Waals surface area contributed by atoms with E-state index in [1.54, 1.807) is 0 Å². The van der Waals surface area contributed by atoms with Gasteiger partial charge in [-0.2, -0.15) is 0 Å². The normalized spacial score (nSPS) is 15.4. The molecule has 6 rings (SSSR count). The molecule has 1 saturated heterocycles. The van der Waals surface area contributed by atoms with Crippen molar-refractivity contribution < 1.29 is 9.52 Å². The van der Waals surface area contributed by atoms with E-state index in [2.05, 4.69) is 70.5 Å². The molecule has 1 aromatic heterocycles. The molecule has 1 N–H and O–H groups in total. The Morgan fingerprint density at radius 1 is 0.676 bits per heavy atom. The van der Waals surface area contributed by atoms with E-state index < -0.39 is 0 Å². The highest BCUT2D eigenvalue weighted by atomic mass is 16.3. The largest absolute Gasteiger partial charge is 0.508 e. The Bertz CT molecular complexity index is 1360. The Kier molecular flexibility index (Phi) is 5.54. The topological polar surface area (TPSA) is 39.9 Å². The van der Waals surface area contributed by atoms with Crippen molar-refractivity contribution in [3.8, 4) is 5.75 Å². The molecule has 1 aliphatic heterocycles. The van der Waals surface area contributed by atoms with Gasteiger partial charge in [0.15, 0.2) is 0 Å². The second kappa shape index (κ2) is 8.98. The molecule has 0 atom stereocenters. The van der Waals surface area contributed by atoms with Crippen molar-refractivity contribution in [3.05, 3.63) is 114 Å². The van der Waals surface area contributed by atoms with E-state index >= 15 is 0 Å². The average Bonchev–Trinajstić information content (AvgIpc) is 3.24. The number of fused-ring (bicyclic) bond motifs is 3. The molecule has 0 radical (unpaired) electrons. The molecular weight excluding hydrogens is 420 g/mol. The Labute approximate surface area is 199 Å². The maximum absolute atomic E-state index is 10.8. The summed E-state index contributed by atoms with van der Waals surface area (Å²) in [6, 6.07) is 33.7. The number of phenols is 1. The Balaban J connectivity index is 1.20. The van der Waals surface area contributed by atoms with Gasteiger partial charge >= 0.3 is 0 Å². The zero-order valence-corrected chi connectivity index (χ0v) is 19.1. The zero-order valence-electron chi connectivity index (χ0n) is 19.1. The fraction of sp³-hybridized carbons (Fsp3) is 0.200. The van der Waals surface area contributed by atoms with Crippen LogP contribution in [0.1, 0.15) is 22.7 Å². The molecule has 4 aromatic carbocycles. The lowest BCUT2D eigenvalue weighted by molar-refractivity contribution is 0.104. The van der Waals surface area contributed by atoms with Gasteiger partial charge in [0.25, 0.3) is 0 Å². The minimum Gasteiger partial charge on any atom is -0.508 e. The van der Waals surface area contributed by atoms with E-state index in [1.165, 1.54) is 11.1 Å². The third-order valence-corrected chi connectivity index (χ3v) is 6.97. The summed E-state index contributed by atoms with van der Waals surface area (Å²) in [5.74, 6) is 0.341. The lowest BCUT2D eigenvalue weighted by Gasteiger charge is -2.40. The summed E-state index contributed by atoms with van der Waals surface area (Å²) in [6.07, 6.45) is 0. The van der Waals surface area contributed by atoms with Crippen LogP contribution in [0.25, 0.3) is 21.9 Å². The first-order valence-electron chi connectivity index (χ1n) is 12.0. The molecular formula is C30H28N2O2. The van der Waals surface area contributed by atoms with Crippen LogP contribution in [0.5, 0.6) is 5.75 Å². The van der Waals surface area contributed by atoms with E-state index in [0.717, 1.165) is 53.7 Å². The maximum Gasteiger partial charge on any atom is 0.136 e. The van der Waals surface area contributed by atoms with Crippen LogP contribution in [0.4, 0.5) is 0 Å². The van der Waals surface area contributed by atoms with Gasteiger partial charge in [-0.25, -0.2) is 0 Å². The van der Waals surface area contributed by atoms with Crippen LogP contribution >= 0.6 is 0 Å². The SMILES string of the molecule is Oc1cc2c(cc1CN1CCN(C(c3ccccc3)c3ccccc3)CC1)oc1ccccc12. The number of aromatic hydroxyl groups is 1. The number of benzene rings is 4. The highest BCUT2D eigenvalue weighted by Gasteiger charge is 2.26. The lowest BCUT2D eigenvalue weighted by atomic mass is 9.96. The number of hydrogen-bond donors (Lipinski definition) is 1. The monoisotopic (exact) mass is 448 g/mol. The van der Waals surface area contributed by atoms with Gasteiger partial charge in [-0.15, -0.1) is 0 Å². The molecule has 5 aromatic rings. The van der Waals surface area contributed by atoms with E-state index in [1.807, 2.05) is 36.4 Å². The maximum atomic E-state index is 10.8. The zero-order chi connectivity index (χ0) is 22.9. The van der Waals surface area contributed by atoms with E-state index in [4.69, 9.17) is 4.42 Å². The van der Waals surface area contributed by atoms with Gasteiger partial charge in [0.1, 0.15) is 16.9 Å². The summed E-state index contributed by atoms with van der Waals surface area (Å²) < 4.78 is 6.05. The van der Waals surface area contributed by atoms with Gasteiger partial charge in [-0.05, 0) is 29.3 Å². The van der Waals surface area contributed by atoms with Crippen LogP contribution in [0.15, 0.2) is 101 Å². The van der Waals surface area contributed by atoms with Gasteiger partial charge in [0, 0.05) is 49.1 Å². The minimum absolute atomic E-state index is 0.254. The van der Waals surface area contributed by atoms with Crippen molar-refractivity contribution in [3.63, 3.8) is 0 Å². The predicted molar refractivity (Wildman–Crippen MR) is 137 cm³/mol. The second-order valence-corrected chi connectivity index (χ2v) is 9.11. The van der Waals surface area contributed by atoms with Crippen LogP contribution < -0.4 is 0 Å². The smallest absolute Gasteiger partial charge is 0.136 e. The molecule has 0 spiro atoms. The second-order valence-electron chi connectivity index (χ2n) is 9.11. The molecule has 0 aliphatic carbocycles. The van der Waals surface area contributed by atoms with Crippen molar-refractivity contribution in [2.75, 3.05) is 26.2 Å². The molecule has 0 bridgehead atoms. The molecule has 4 heteroatoms. The standard InChI is InChI=1S/C30H28N2O2/c33-27-20-26-25-13-7-8-14-28(25)34-29(26)19-24(27)21-31-15-17-32(18-16-31)30(22-9-3-1-4-10-22)23-11-5-2-6-12-23/h1-14,19-20,30,33H,15-18,21H2. The van der Waals surface area contributed by atoms with Crippen LogP contribution in [0.3, 0.4) is 0 Å². The molecule has 170 valence electrons. The number of hydrogen-bond acceptors (Lipinski definition) is 4. The first kappa shape index (κ1) is 21.0. The number of nitrogens with zero attached hydrogens (tertiary/aromatic N) is 2. The van der Waals surface area contributed by atoms with E-state index in [-0.39, 0.29) is 6.04 Å². The lowest BCUT2D eigenvalue weighted by Crippen LogP contribution is -2.47. The number of rotatable bonds is 5. The molecule has 0 unspecified atom stereocenters. The molecule has 4 nitrogen and oxygen atoms in total. The van der Waals surface area contributed by atoms with Crippen LogP contribution in [0.2, 0.25) is 0 Å². The van der Waals surface area contributed by atoms with Crippen LogP contribution in [-0.2, 0) is 6.54 Å². The molecule has 1 aliphatic rings. The number of phenolic OH excluding ortho intramolecular Hbond substituents is 1. The van der Waals surface area contributed by atoms with Crippen molar-refractivity contribution in [2.45, 2.75) is 12.6 Å². The Morgan fingerprint density at radius 3 is 1.97 bits per heavy atom. The summed E-state index contributed by atoms with van der Waals surface area (Å²) >= 11 is 0. The quantitative estimate of drug-likeness (QED) is 0.348. The van der Waals surface area contributed by atoms with Crippen LogP contribution in [-0.4, -0.2) is 41.1 Å². The highest BCUT2D eigenvalue weighted by molar-refractivity contribution is 6.05. The van der Waals surface area contributed by atoms with Gasteiger partial charge in [0.2, 0.25) is 0 Å². The first-order valence-corrected chi connectivity index (χ1v) is 12.0. The number of piperazine rings is 1. The summed E-state index contributed by atoms with van der Waals surface area (Å²) in [5.41, 5.74) is 5.27. The molecule has 0 saturated carbocycles. The average molecular weight is 449 g/mol. The summed E-state index contributed by atoms with van der Waals surface area (Å²) in [7, 11) is 0. The third kappa shape index (κ3) is 3.96. The summed E-state index contributed by atoms with van der Waals surface area (Å²) in [4.78, 5) is 5.00. The first-order chi connectivity index (χ1) is 16.8. The number of para-hydroxylation sites is 1. The van der Waals surface area contributed by atoms with Crippen molar-refractivity contribution in [1.82, 2.24) is 9.80 Å². The number of furan rings is 1. The minimum atomic E-state index is 0.254. The fourth-order valence-corrected chi connectivity index (χ4v) is 5.23. The molecule has 0 amide bonds. The molecule has 1 fully saturated rings. The Morgan fingerprint density at radius 2 is 1.29 bits per heavy atom. The Hall–Kier alpha value is -3.60. The fourth-order valence-electron chi connectivity index (χ4n) is 5.23. The third-order valence-electron chi connectivity index (χ3n) is 6.97. The molecule has 34 heavy (non-hydrogen) atoms. The van der Waals surface area contributed by atoms with Crippen molar-refractivity contribution in [2.24, 2.45) is 0 Å². The summed E-state index contributed by atoms with van der Waals surface area (Å²) in [6.45, 7) is 4.57. The summed E-state index contributed by atoms with van der Waals surface area (Å²) in [5, 5.41) is 12.8. The predicted octanol–water partition coefficient (Wildman–Crippen LogP) is 6.20. The van der Waals surface area contributed by atoms with Crippen LogP contribution in [0, 0.1) is 0 Å².